The minimum Gasteiger partial charge on any atom is -0.408 e. The van der Waals surface area contributed by atoms with Gasteiger partial charge in [-0.05, 0) is 43.4 Å². The first kappa shape index (κ1) is 13.7. The summed E-state index contributed by atoms with van der Waals surface area (Å²) in [4.78, 5) is 11.5. The predicted octanol–water partition coefficient (Wildman–Crippen LogP) is 3.37. The van der Waals surface area contributed by atoms with Gasteiger partial charge in [0.2, 0.25) is 0 Å². The minimum absolute atomic E-state index is 0.0749. The van der Waals surface area contributed by atoms with E-state index in [1.54, 1.807) is 7.05 Å². The SMILES string of the molecule is Cn1c(=O)oc2cc(C(Cl)CCC3CCCO3)ccc21. The summed E-state index contributed by atoms with van der Waals surface area (Å²) < 4.78 is 12.3. The molecule has 1 aromatic carbocycles. The smallest absolute Gasteiger partial charge is 0.408 e. The van der Waals surface area contributed by atoms with Crippen LogP contribution in [0.4, 0.5) is 0 Å². The van der Waals surface area contributed by atoms with E-state index in [1.807, 2.05) is 18.2 Å². The molecule has 20 heavy (non-hydrogen) atoms. The highest BCUT2D eigenvalue weighted by Crippen LogP contribution is 2.30. The molecule has 0 aliphatic carbocycles. The third-order valence-electron chi connectivity index (χ3n) is 3.94. The summed E-state index contributed by atoms with van der Waals surface area (Å²) in [7, 11) is 1.70. The van der Waals surface area contributed by atoms with Crippen LogP contribution in [0.1, 0.15) is 36.6 Å². The largest absolute Gasteiger partial charge is 0.419 e. The molecule has 2 aromatic rings. The Balaban J connectivity index is 1.73. The second kappa shape index (κ2) is 5.62. The van der Waals surface area contributed by atoms with Crippen LogP contribution in [-0.4, -0.2) is 17.3 Å². The van der Waals surface area contributed by atoms with Crippen molar-refractivity contribution in [3.05, 3.63) is 34.3 Å². The molecule has 1 fully saturated rings. The molecule has 2 atom stereocenters. The summed E-state index contributed by atoms with van der Waals surface area (Å²) in [6, 6.07) is 5.71. The van der Waals surface area contributed by atoms with Crippen molar-refractivity contribution in [3.8, 4) is 0 Å². The van der Waals surface area contributed by atoms with E-state index in [0.717, 1.165) is 43.4 Å². The fourth-order valence-corrected chi connectivity index (χ4v) is 2.98. The molecule has 2 heterocycles. The van der Waals surface area contributed by atoms with Gasteiger partial charge >= 0.3 is 5.76 Å². The lowest BCUT2D eigenvalue weighted by atomic mass is 10.0. The molecule has 108 valence electrons. The van der Waals surface area contributed by atoms with Crippen molar-refractivity contribution in [3.63, 3.8) is 0 Å². The Morgan fingerprint density at radius 1 is 1.50 bits per heavy atom. The van der Waals surface area contributed by atoms with E-state index in [9.17, 15) is 4.79 Å². The molecule has 0 radical (unpaired) electrons. The van der Waals surface area contributed by atoms with Gasteiger partial charge in [0, 0.05) is 13.7 Å². The van der Waals surface area contributed by atoms with Crippen molar-refractivity contribution in [2.75, 3.05) is 6.61 Å². The van der Waals surface area contributed by atoms with Crippen molar-refractivity contribution in [2.45, 2.75) is 37.2 Å². The zero-order valence-corrected chi connectivity index (χ0v) is 12.2. The topological polar surface area (TPSA) is 44.4 Å². The number of nitrogens with zero attached hydrogens (tertiary/aromatic N) is 1. The van der Waals surface area contributed by atoms with Gasteiger partial charge in [-0.15, -0.1) is 11.6 Å². The Morgan fingerprint density at radius 3 is 3.10 bits per heavy atom. The Morgan fingerprint density at radius 2 is 2.35 bits per heavy atom. The minimum atomic E-state index is -0.345. The molecule has 1 aliphatic rings. The monoisotopic (exact) mass is 295 g/mol. The van der Waals surface area contributed by atoms with E-state index >= 15 is 0 Å². The molecule has 0 amide bonds. The van der Waals surface area contributed by atoms with Crippen LogP contribution in [0, 0.1) is 0 Å². The van der Waals surface area contributed by atoms with Gasteiger partial charge in [-0.1, -0.05) is 6.07 Å². The van der Waals surface area contributed by atoms with Crippen LogP contribution in [-0.2, 0) is 11.8 Å². The number of hydrogen-bond acceptors (Lipinski definition) is 3. The van der Waals surface area contributed by atoms with E-state index in [1.165, 1.54) is 4.57 Å². The normalized spacial score (nSPS) is 20.6. The van der Waals surface area contributed by atoms with Crippen molar-refractivity contribution in [1.82, 2.24) is 4.57 Å². The molecule has 0 saturated carbocycles. The van der Waals surface area contributed by atoms with Crippen LogP contribution in [0.3, 0.4) is 0 Å². The molecule has 1 aliphatic heterocycles. The van der Waals surface area contributed by atoms with Crippen LogP contribution in [0.25, 0.3) is 11.1 Å². The Kier molecular flexibility index (Phi) is 3.85. The van der Waals surface area contributed by atoms with E-state index in [-0.39, 0.29) is 11.1 Å². The molecule has 2 unspecified atom stereocenters. The number of aromatic nitrogens is 1. The number of hydrogen-bond donors (Lipinski definition) is 0. The van der Waals surface area contributed by atoms with Crippen molar-refractivity contribution in [2.24, 2.45) is 7.05 Å². The molecule has 0 spiro atoms. The number of aryl methyl sites for hydroxylation is 1. The van der Waals surface area contributed by atoms with Crippen LogP contribution < -0.4 is 5.76 Å². The van der Waals surface area contributed by atoms with Gasteiger partial charge in [0.25, 0.3) is 0 Å². The Labute approximate surface area is 122 Å². The van der Waals surface area contributed by atoms with Crippen LogP contribution >= 0.6 is 11.6 Å². The quantitative estimate of drug-likeness (QED) is 0.812. The van der Waals surface area contributed by atoms with Crippen LogP contribution in [0.5, 0.6) is 0 Å². The van der Waals surface area contributed by atoms with Crippen LogP contribution in [0.15, 0.2) is 27.4 Å². The van der Waals surface area contributed by atoms with Gasteiger partial charge < -0.3 is 9.15 Å². The zero-order valence-electron chi connectivity index (χ0n) is 11.5. The molecule has 4 nitrogen and oxygen atoms in total. The summed E-state index contributed by atoms with van der Waals surface area (Å²) in [6.07, 6.45) is 4.49. The van der Waals surface area contributed by atoms with E-state index in [0.29, 0.717) is 11.7 Å². The summed E-state index contributed by atoms with van der Waals surface area (Å²) in [5.41, 5.74) is 2.38. The van der Waals surface area contributed by atoms with E-state index in [2.05, 4.69) is 0 Å². The van der Waals surface area contributed by atoms with Crippen molar-refractivity contribution in [1.29, 1.82) is 0 Å². The van der Waals surface area contributed by atoms with Gasteiger partial charge in [0.15, 0.2) is 5.58 Å². The summed E-state index contributed by atoms with van der Waals surface area (Å²) >= 11 is 6.45. The van der Waals surface area contributed by atoms with Crippen molar-refractivity contribution >= 4 is 22.7 Å². The maximum absolute atomic E-state index is 11.5. The standard InChI is InChI=1S/C15H18ClNO3/c1-17-13-7-4-10(9-14(13)20-15(17)18)12(16)6-5-11-3-2-8-19-11/h4,7,9,11-12H,2-3,5-6,8H2,1H3. The van der Waals surface area contributed by atoms with Crippen LogP contribution in [0.2, 0.25) is 0 Å². The zero-order chi connectivity index (χ0) is 14.1. The molecule has 5 heteroatoms. The molecule has 0 bridgehead atoms. The maximum atomic E-state index is 11.5. The predicted molar refractivity (Wildman–Crippen MR) is 78.3 cm³/mol. The van der Waals surface area contributed by atoms with Gasteiger partial charge in [-0.2, -0.15) is 0 Å². The first-order chi connectivity index (χ1) is 9.65. The fraction of sp³-hybridized carbons (Fsp3) is 0.533. The van der Waals surface area contributed by atoms with E-state index in [4.69, 9.17) is 20.8 Å². The van der Waals surface area contributed by atoms with Crippen molar-refractivity contribution < 1.29 is 9.15 Å². The summed E-state index contributed by atoms with van der Waals surface area (Å²) in [6.45, 7) is 0.874. The lowest BCUT2D eigenvalue weighted by molar-refractivity contribution is 0.102. The highest BCUT2D eigenvalue weighted by atomic mass is 35.5. The molecular weight excluding hydrogens is 278 g/mol. The van der Waals surface area contributed by atoms with Gasteiger partial charge in [0.1, 0.15) is 0 Å². The first-order valence-corrected chi connectivity index (χ1v) is 7.44. The summed E-state index contributed by atoms with van der Waals surface area (Å²) in [5, 5.41) is -0.0749. The number of rotatable bonds is 4. The highest BCUT2D eigenvalue weighted by molar-refractivity contribution is 6.20. The Bertz CT molecular complexity index is 655. The molecule has 1 aromatic heterocycles. The third-order valence-corrected chi connectivity index (χ3v) is 4.41. The number of fused-ring (bicyclic) bond motifs is 1. The molecule has 0 N–H and O–H groups in total. The first-order valence-electron chi connectivity index (χ1n) is 7.00. The molecule has 3 rings (SSSR count). The average Bonchev–Trinajstić information content (AvgIpc) is 3.05. The second-order valence-electron chi connectivity index (χ2n) is 5.33. The average molecular weight is 296 g/mol. The van der Waals surface area contributed by atoms with Gasteiger partial charge in [-0.25, -0.2) is 4.79 Å². The fourth-order valence-electron chi connectivity index (χ4n) is 2.72. The molecule has 1 saturated heterocycles. The number of halogens is 1. The van der Waals surface area contributed by atoms with Gasteiger partial charge in [-0.3, -0.25) is 4.57 Å². The lowest BCUT2D eigenvalue weighted by Gasteiger charge is -2.13. The molecular formula is C15H18ClNO3. The van der Waals surface area contributed by atoms with Gasteiger partial charge in [0.05, 0.1) is 17.0 Å². The maximum Gasteiger partial charge on any atom is 0.419 e. The highest BCUT2D eigenvalue weighted by Gasteiger charge is 2.18. The van der Waals surface area contributed by atoms with E-state index < -0.39 is 0 Å². The Hall–Kier alpha value is -1.26. The third kappa shape index (κ3) is 2.63. The number of alkyl halides is 1. The second-order valence-corrected chi connectivity index (χ2v) is 5.86. The number of benzene rings is 1. The number of oxazole rings is 1. The summed E-state index contributed by atoms with van der Waals surface area (Å²) in [5.74, 6) is -0.345. The number of ether oxygens (including phenoxy) is 1. The lowest BCUT2D eigenvalue weighted by Crippen LogP contribution is -2.08.